The molecule has 3 aromatic carbocycles. The summed E-state index contributed by atoms with van der Waals surface area (Å²) in [5.41, 5.74) is 1.27. The Morgan fingerprint density at radius 1 is 0.974 bits per heavy atom. The first-order valence-corrected chi connectivity index (χ1v) is 12.5. The number of benzene rings is 3. The second-order valence-electron chi connectivity index (χ2n) is 9.22. The Morgan fingerprint density at radius 2 is 1.61 bits per heavy atom. The van der Waals surface area contributed by atoms with Crippen LogP contribution in [0.15, 0.2) is 72.3 Å². The van der Waals surface area contributed by atoms with Gasteiger partial charge in [-0.2, -0.15) is 0 Å². The van der Waals surface area contributed by atoms with Crippen molar-refractivity contribution in [2.75, 3.05) is 22.9 Å². The standard InChI is InChI=1S/C30H30F2N2O4/c1-5-33(6-2)22-12-7-19(8-13-22)27-26(28(35)20-9-14-23(15-10-20)38-18(3)4)29(36)30(37)34(27)25-16-11-21(31)17-24(25)32/h7-18,27,35H,5-6H2,1-4H3/b28-26+. The lowest BCUT2D eigenvalue weighted by atomic mass is 9.94. The molecule has 0 aromatic heterocycles. The number of carbonyl (C=O) groups excluding carboxylic acids is 2. The number of hydrogen-bond donors (Lipinski definition) is 1. The number of ether oxygens (including phenoxy) is 1. The first-order valence-electron chi connectivity index (χ1n) is 12.5. The van der Waals surface area contributed by atoms with E-state index in [0.717, 1.165) is 35.8 Å². The number of halogens is 2. The number of ketones is 1. The molecule has 0 radical (unpaired) electrons. The van der Waals surface area contributed by atoms with Crippen molar-refractivity contribution in [3.8, 4) is 5.75 Å². The quantitative estimate of drug-likeness (QED) is 0.217. The molecule has 1 aliphatic rings. The van der Waals surface area contributed by atoms with Crippen LogP contribution in [-0.2, 0) is 9.59 Å². The van der Waals surface area contributed by atoms with E-state index in [9.17, 15) is 23.5 Å². The van der Waals surface area contributed by atoms with E-state index in [-0.39, 0.29) is 17.4 Å². The lowest BCUT2D eigenvalue weighted by molar-refractivity contribution is -0.132. The summed E-state index contributed by atoms with van der Waals surface area (Å²) in [6.45, 7) is 9.39. The second-order valence-corrected chi connectivity index (χ2v) is 9.22. The maximum atomic E-state index is 14.9. The van der Waals surface area contributed by atoms with Crippen LogP contribution in [-0.4, -0.2) is 36.0 Å². The summed E-state index contributed by atoms with van der Waals surface area (Å²) in [5.74, 6) is -3.61. The fraction of sp³-hybridized carbons (Fsp3) is 0.267. The number of nitrogens with zero attached hydrogens (tertiary/aromatic N) is 2. The van der Waals surface area contributed by atoms with Crippen molar-refractivity contribution in [1.82, 2.24) is 0 Å². The van der Waals surface area contributed by atoms with Gasteiger partial charge in [-0.25, -0.2) is 8.78 Å². The number of anilines is 2. The second kappa shape index (κ2) is 11.0. The molecule has 1 N–H and O–H groups in total. The molecule has 0 bridgehead atoms. The first kappa shape index (κ1) is 26.9. The number of aliphatic hydroxyl groups excluding tert-OH is 1. The van der Waals surface area contributed by atoms with Crippen LogP contribution in [0.4, 0.5) is 20.2 Å². The minimum atomic E-state index is -1.13. The molecule has 6 nitrogen and oxygen atoms in total. The highest BCUT2D eigenvalue weighted by atomic mass is 19.1. The van der Waals surface area contributed by atoms with Gasteiger partial charge in [0.25, 0.3) is 11.7 Å². The smallest absolute Gasteiger partial charge is 0.300 e. The third-order valence-corrected chi connectivity index (χ3v) is 6.45. The predicted molar refractivity (Wildman–Crippen MR) is 143 cm³/mol. The van der Waals surface area contributed by atoms with Crippen LogP contribution >= 0.6 is 0 Å². The molecule has 1 amide bonds. The molecule has 0 saturated carbocycles. The minimum absolute atomic E-state index is 0.0512. The summed E-state index contributed by atoms with van der Waals surface area (Å²) in [4.78, 5) is 29.7. The zero-order valence-electron chi connectivity index (χ0n) is 21.7. The Bertz CT molecular complexity index is 1360. The molecule has 4 rings (SSSR count). The average Bonchev–Trinajstić information content (AvgIpc) is 3.15. The van der Waals surface area contributed by atoms with Crippen LogP contribution < -0.4 is 14.5 Å². The average molecular weight is 521 g/mol. The van der Waals surface area contributed by atoms with Crippen LogP contribution in [0, 0.1) is 11.6 Å². The zero-order chi connectivity index (χ0) is 27.6. The molecule has 3 aromatic rings. The van der Waals surface area contributed by atoms with Crippen LogP contribution in [0.2, 0.25) is 0 Å². The van der Waals surface area contributed by atoms with Crippen molar-refractivity contribution < 1.29 is 28.2 Å². The van der Waals surface area contributed by atoms with Gasteiger partial charge in [0.15, 0.2) is 0 Å². The van der Waals surface area contributed by atoms with E-state index < -0.39 is 35.1 Å². The zero-order valence-corrected chi connectivity index (χ0v) is 21.7. The van der Waals surface area contributed by atoms with Crippen LogP contribution in [0.25, 0.3) is 5.76 Å². The van der Waals surface area contributed by atoms with E-state index in [4.69, 9.17) is 4.74 Å². The van der Waals surface area contributed by atoms with Gasteiger partial charge >= 0.3 is 0 Å². The molecule has 1 saturated heterocycles. The summed E-state index contributed by atoms with van der Waals surface area (Å²) in [7, 11) is 0. The highest BCUT2D eigenvalue weighted by Crippen LogP contribution is 2.43. The van der Waals surface area contributed by atoms with E-state index in [2.05, 4.69) is 4.90 Å². The summed E-state index contributed by atoms with van der Waals surface area (Å²) in [5, 5.41) is 11.3. The molecule has 1 unspecified atom stereocenters. The molecular weight excluding hydrogens is 490 g/mol. The van der Waals surface area contributed by atoms with Gasteiger partial charge in [0.1, 0.15) is 23.1 Å². The Kier molecular flexibility index (Phi) is 7.80. The van der Waals surface area contributed by atoms with Gasteiger partial charge in [0.2, 0.25) is 0 Å². The lowest BCUT2D eigenvalue weighted by Crippen LogP contribution is -2.30. The fourth-order valence-electron chi connectivity index (χ4n) is 4.65. The van der Waals surface area contributed by atoms with Gasteiger partial charge in [0, 0.05) is 30.4 Å². The molecule has 0 spiro atoms. The Morgan fingerprint density at radius 3 is 2.16 bits per heavy atom. The number of hydrogen-bond acceptors (Lipinski definition) is 5. The van der Waals surface area contributed by atoms with E-state index >= 15 is 0 Å². The third-order valence-electron chi connectivity index (χ3n) is 6.45. The van der Waals surface area contributed by atoms with E-state index in [1.54, 1.807) is 36.4 Å². The number of carbonyl (C=O) groups is 2. The molecule has 0 aliphatic carbocycles. The molecule has 8 heteroatoms. The molecule has 198 valence electrons. The van der Waals surface area contributed by atoms with Gasteiger partial charge in [-0.1, -0.05) is 12.1 Å². The maximum absolute atomic E-state index is 14.9. The molecular formula is C30H30F2N2O4. The van der Waals surface area contributed by atoms with Gasteiger partial charge < -0.3 is 14.7 Å². The predicted octanol–water partition coefficient (Wildman–Crippen LogP) is 6.22. The van der Waals surface area contributed by atoms with Crippen molar-refractivity contribution >= 4 is 28.8 Å². The highest BCUT2D eigenvalue weighted by Gasteiger charge is 2.47. The number of amides is 1. The molecule has 1 aliphatic heterocycles. The molecule has 1 fully saturated rings. The summed E-state index contributed by atoms with van der Waals surface area (Å²) in [6, 6.07) is 15.3. The minimum Gasteiger partial charge on any atom is -0.507 e. The van der Waals surface area contributed by atoms with Crippen LogP contribution in [0.5, 0.6) is 5.75 Å². The summed E-state index contributed by atoms with van der Waals surface area (Å²) < 4.78 is 34.2. The first-order chi connectivity index (χ1) is 18.2. The van der Waals surface area contributed by atoms with Gasteiger partial charge in [-0.05, 0) is 81.8 Å². The lowest BCUT2D eigenvalue weighted by Gasteiger charge is -2.27. The Labute approximate surface area is 220 Å². The van der Waals surface area contributed by atoms with Crippen molar-refractivity contribution in [3.63, 3.8) is 0 Å². The topological polar surface area (TPSA) is 70.1 Å². The molecule has 1 atom stereocenters. The highest BCUT2D eigenvalue weighted by molar-refractivity contribution is 6.51. The van der Waals surface area contributed by atoms with Gasteiger partial charge in [0.05, 0.1) is 23.4 Å². The van der Waals surface area contributed by atoms with Gasteiger partial charge in [-0.3, -0.25) is 14.5 Å². The monoisotopic (exact) mass is 520 g/mol. The normalized spacial score (nSPS) is 16.8. The third kappa shape index (κ3) is 5.11. The van der Waals surface area contributed by atoms with Crippen molar-refractivity contribution in [2.24, 2.45) is 0 Å². The number of Topliss-reactive ketones (excluding diaryl/α,β-unsaturated/α-hetero) is 1. The van der Waals surface area contributed by atoms with E-state index in [0.29, 0.717) is 22.9 Å². The van der Waals surface area contributed by atoms with Crippen LogP contribution in [0.1, 0.15) is 44.9 Å². The Hall–Kier alpha value is -4.20. The van der Waals surface area contributed by atoms with Crippen LogP contribution in [0.3, 0.4) is 0 Å². The van der Waals surface area contributed by atoms with Crippen molar-refractivity contribution in [2.45, 2.75) is 39.8 Å². The Balaban J connectivity index is 1.87. The largest absolute Gasteiger partial charge is 0.507 e. The SMILES string of the molecule is CCN(CC)c1ccc(C2/C(=C(\O)c3ccc(OC(C)C)cc3)C(=O)C(=O)N2c2ccc(F)cc2F)cc1. The summed E-state index contributed by atoms with van der Waals surface area (Å²) in [6.07, 6.45) is -0.0512. The van der Waals surface area contributed by atoms with Crippen molar-refractivity contribution in [3.05, 3.63) is 95.1 Å². The molecule has 1 heterocycles. The van der Waals surface area contributed by atoms with E-state index in [1.807, 2.05) is 39.8 Å². The van der Waals surface area contributed by atoms with E-state index in [1.165, 1.54) is 0 Å². The molecule has 38 heavy (non-hydrogen) atoms. The number of rotatable bonds is 8. The summed E-state index contributed by atoms with van der Waals surface area (Å²) >= 11 is 0. The maximum Gasteiger partial charge on any atom is 0.300 e. The fourth-order valence-corrected chi connectivity index (χ4v) is 4.65. The van der Waals surface area contributed by atoms with Crippen molar-refractivity contribution in [1.29, 1.82) is 0 Å². The number of aliphatic hydroxyl groups is 1. The van der Waals surface area contributed by atoms with Gasteiger partial charge in [-0.15, -0.1) is 0 Å².